The predicted octanol–water partition coefficient (Wildman–Crippen LogP) is -0.0162. The van der Waals surface area contributed by atoms with E-state index in [1.54, 1.807) is 14.2 Å². The van der Waals surface area contributed by atoms with Gasteiger partial charge in [0.15, 0.2) is 6.29 Å². The molecule has 0 unspecified atom stereocenters. The number of methoxy groups -OCH3 is 2. The van der Waals surface area contributed by atoms with E-state index in [1.165, 1.54) is 0 Å². The SMILES string of the molecule is COC(OC)[C@@H]1COC2(CNC2)C1. The van der Waals surface area contributed by atoms with Gasteiger partial charge < -0.3 is 19.5 Å². The van der Waals surface area contributed by atoms with Crippen LogP contribution >= 0.6 is 0 Å². The minimum atomic E-state index is -0.111. The molecule has 2 aliphatic rings. The molecule has 2 aliphatic heterocycles. The zero-order valence-electron chi connectivity index (χ0n) is 8.21. The number of hydrogen-bond acceptors (Lipinski definition) is 4. The first kappa shape index (κ1) is 9.40. The quantitative estimate of drug-likeness (QED) is 0.630. The van der Waals surface area contributed by atoms with Gasteiger partial charge in [0, 0.05) is 33.2 Å². The molecule has 2 rings (SSSR count). The number of rotatable bonds is 3. The van der Waals surface area contributed by atoms with E-state index in [1.807, 2.05) is 0 Å². The molecule has 0 bridgehead atoms. The summed E-state index contributed by atoms with van der Waals surface area (Å²) in [7, 11) is 3.36. The lowest BCUT2D eigenvalue weighted by Gasteiger charge is -2.38. The molecule has 1 N–H and O–H groups in total. The Labute approximate surface area is 78.5 Å². The van der Waals surface area contributed by atoms with Crippen molar-refractivity contribution in [1.29, 1.82) is 0 Å². The van der Waals surface area contributed by atoms with Gasteiger partial charge in [-0.15, -0.1) is 0 Å². The van der Waals surface area contributed by atoms with Crippen LogP contribution in [0.4, 0.5) is 0 Å². The standard InChI is InChI=1S/C9H17NO3/c1-11-8(12-2)7-3-9(13-4-7)5-10-6-9/h7-8,10H,3-6H2,1-2H3/t7-/m0/s1. The number of nitrogens with one attached hydrogen (secondary N) is 1. The molecule has 0 saturated carbocycles. The molecule has 2 heterocycles. The molecule has 1 spiro atoms. The van der Waals surface area contributed by atoms with Gasteiger partial charge in [-0.2, -0.15) is 0 Å². The molecule has 1 atom stereocenters. The summed E-state index contributed by atoms with van der Waals surface area (Å²) in [6.45, 7) is 2.71. The summed E-state index contributed by atoms with van der Waals surface area (Å²) in [6, 6.07) is 0. The maximum absolute atomic E-state index is 5.75. The molecule has 0 aromatic heterocycles. The molecule has 2 saturated heterocycles. The normalized spacial score (nSPS) is 31.2. The molecule has 4 heteroatoms. The summed E-state index contributed by atoms with van der Waals surface area (Å²) < 4.78 is 16.2. The third kappa shape index (κ3) is 1.59. The van der Waals surface area contributed by atoms with Crippen molar-refractivity contribution in [3.05, 3.63) is 0 Å². The Kier molecular flexibility index (Phi) is 2.55. The van der Waals surface area contributed by atoms with E-state index in [9.17, 15) is 0 Å². The van der Waals surface area contributed by atoms with Gasteiger partial charge in [-0.3, -0.25) is 0 Å². The zero-order chi connectivity index (χ0) is 9.31. The molecule has 76 valence electrons. The fraction of sp³-hybridized carbons (Fsp3) is 1.00. The van der Waals surface area contributed by atoms with Crippen LogP contribution in [0.25, 0.3) is 0 Å². The van der Waals surface area contributed by atoms with Gasteiger partial charge in [-0.05, 0) is 6.42 Å². The minimum absolute atomic E-state index is 0.0972. The zero-order valence-corrected chi connectivity index (χ0v) is 8.21. The van der Waals surface area contributed by atoms with Gasteiger partial charge in [-0.1, -0.05) is 0 Å². The van der Waals surface area contributed by atoms with Crippen molar-refractivity contribution in [1.82, 2.24) is 5.32 Å². The highest BCUT2D eigenvalue weighted by molar-refractivity contribution is 5.00. The summed E-state index contributed by atoms with van der Waals surface area (Å²) in [4.78, 5) is 0. The van der Waals surface area contributed by atoms with E-state index in [0.717, 1.165) is 26.1 Å². The van der Waals surface area contributed by atoms with E-state index in [-0.39, 0.29) is 11.9 Å². The lowest BCUT2D eigenvalue weighted by molar-refractivity contribution is -0.136. The Morgan fingerprint density at radius 3 is 2.46 bits per heavy atom. The van der Waals surface area contributed by atoms with Crippen molar-refractivity contribution in [3.63, 3.8) is 0 Å². The highest BCUT2D eigenvalue weighted by atomic mass is 16.7. The van der Waals surface area contributed by atoms with E-state index in [2.05, 4.69) is 5.32 Å². The summed E-state index contributed by atoms with van der Waals surface area (Å²) in [5.74, 6) is 0.386. The van der Waals surface area contributed by atoms with Crippen molar-refractivity contribution in [2.45, 2.75) is 18.3 Å². The number of ether oxygens (including phenoxy) is 3. The lowest BCUT2D eigenvalue weighted by atomic mass is 9.89. The third-order valence-electron chi connectivity index (χ3n) is 2.98. The summed E-state index contributed by atoms with van der Waals surface area (Å²) in [5.41, 5.74) is 0.0972. The van der Waals surface area contributed by atoms with Gasteiger partial charge >= 0.3 is 0 Å². The van der Waals surface area contributed by atoms with Gasteiger partial charge in [0.2, 0.25) is 0 Å². The molecule has 13 heavy (non-hydrogen) atoms. The van der Waals surface area contributed by atoms with Crippen molar-refractivity contribution in [2.24, 2.45) is 5.92 Å². The van der Waals surface area contributed by atoms with E-state index in [4.69, 9.17) is 14.2 Å². The average Bonchev–Trinajstić information content (AvgIpc) is 2.51. The highest BCUT2D eigenvalue weighted by Gasteiger charge is 2.47. The van der Waals surface area contributed by atoms with Crippen LogP contribution in [0.2, 0.25) is 0 Å². The molecule has 2 fully saturated rings. The first-order valence-corrected chi connectivity index (χ1v) is 4.70. The Balaban J connectivity index is 1.89. The van der Waals surface area contributed by atoms with E-state index >= 15 is 0 Å². The van der Waals surface area contributed by atoms with Crippen molar-refractivity contribution < 1.29 is 14.2 Å². The van der Waals surface area contributed by atoms with Crippen molar-refractivity contribution in [2.75, 3.05) is 33.9 Å². The number of hydrogen-bond donors (Lipinski definition) is 1. The Bertz CT molecular complexity index is 178. The smallest absolute Gasteiger partial charge is 0.161 e. The monoisotopic (exact) mass is 187 g/mol. The first-order chi connectivity index (χ1) is 6.29. The van der Waals surface area contributed by atoms with Crippen LogP contribution in [0.5, 0.6) is 0 Å². The van der Waals surface area contributed by atoms with Crippen LogP contribution in [0.15, 0.2) is 0 Å². The second kappa shape index (κ2) is 3.53. The minimum Gasteiger partial charge on any atom is -0.372 e. The molecule has 0 aromatic rings. The largest absolute Gasteiger partial charge is 0.372 e. The van der Waals surface area contributed by atoms with Crippen molar-refractivity contribution >= 4 is 0 Å². The molecule has 0 radical (unpaired) electrons. The molecule has 4 nitrogen and oxygen atoms in total. The van der Waals surface area contributed by atoms with E-state index in [0.29, 0.717) is 5.92 Å². The Morgan fingerprint density at radius 1 is 1.38 bits per heavy atom. The van der Waals surface area contributed by atoms with Gasteiger partial charge in [0.1, 0.15) is 0 Å². The molecule has 0 aromatic carbocycles. The Hall–Kier alpha value is -0.160. The van der Waals surface area contributed by atoms with Crippen LogP contribution in [-0.4, -0.2) is 45.8 Å². The van der Waals surface area contributed by atoms with Crippen molar-refractivity contribution in [3.8, 4) is 0 Å². The molecular formula is C9H17NO3. The lowest BCUT2D eigenvalue weighted by Crippen LogP contribution is -2.59. The third-order valence-corrected chi connectivity index (χ3v) is 2.98. The van der Waals surface area contributed by atoms with Crippen LogP contribution < -0.4 is 5.32 Å². The molecule has 0 aliphatic carbocycles. The van der Waals surface area contributed by atoms with Crippen LogP contribution in [0, 0.1) is 5.92 Å². The van der Waals surface area contributed by atoms with Crippen LogP contribution in [0.1, 0.15) is 6.42 Å². The molecular weight excluding hydrogens is 170 g/mol. The van der Waals surface area contributed by atoms with E-state index < -0.39 is 0 Å². The summed E-state index contributed by atoms with van der Waals surface area (Å²) in [5, 5.41) is 3.23. The maximum Gasteiger partial charge on any atom is 0.161 e. The molecule has 0 amide bonds. The second-order valence-electron chi connectivity index (χ2n) is 3.90. The van der Waals surface area contributed by atoms with Gasteiger partial charge in [0.25, 0.3) is 0 Å². The summed E-state index contributed by atoms with van der Waals surface area (Å²) in [6.07, 6.45) is 0.937. The second-order valence-corrected chi connectivity index (χ2v) is 3.90. The fourth-order valence-corrected chi connectivity index (χ4v) is 2.19. The summed E-state index contributed by atoms with van der Waals surface area (Å²) >= 11 is 0. The predicted molar refractivity (Wildman–Crippen MR) is 47.5 cm³/mol. The first-order valence-electron chi connectivity index (χ1n) is 4.70. The van der Waals surface area contributed by atoms with Gasteiger partial charge in [0.05, 0.1) is 12.2 Å². The Morgan fingerprint density at radius 2 is 2.08 bits per heavy atom. The van der Waals surface area contributed by atoms with Crippen LogP contribution in [0.3, 0.4) is 0 Å². The maximum atomic E-state index is 5.75. The topological polar surface area (TPSA) is 39.7 Å². The average molecular weight is 187 g/mol. The fourth-order valence-electron chi connectivity index (χ4n) is 2.19. The highest BCUT2D eigenvalue weighted by Crippen LogP contribution is 2.35. The van der Waals surface area contributed by atoms with Gasteiger partial charge in [-0.25, -0.2) is 0 Å². The van der Waals surface area contributed by atoms with Crippen LogP contribution in [-0.2, 0) is 14.2 Å².